The van der Waals surface area contributed by atoms with Gasteiger partial charge in [0.1, 0.15) is 11.3 Å². The van der Waals surface area contributed by atoms with Gasteiger partial charge in [0.15, 0.2) is 0 Å². The normalized spacial score (nSPS) is 10.3. The topological polar surface area (TPSA) is 46.5 Å². The summed E-state index contributed by atoms with van der Waals surface area (Å²) in [6.07, 6.45) is 0. The molecule has 0 saturated carbocycles. The van der Waals surface area contributed by atoms with E-state index in [1.165, 1.54) is 13.2 Å². The Bertz CT molecular complexity index is 639. The first-order valence-electron chi connectivity index (χ1n) is 5.40. The average Bonchev–Trinajstić information content (AvgIpc) is 2.40. The number of rotatable bonds is 3. The first-order valence-corrected chi connectivity index (χ1v) is 6.16. The van der Waals surface area contributed by atoms with Crippen molar-refractivity contribution in [1.29, 1.82) is 0 Å². The highest BCUT2D eigenvalue weighted by atomic mass is 35.5. The van der Waals surface area contributed by atoms with E-state index in [-0.39, 0.29) is 5.56 Å². The van der Waals surface area contributed by atoms with E-state index in [1.54, 1.807) is 30.3 Å². The van der Waals surface area contributed by atoms with Crippen molar-refractivity contribution in [3.63, 3.8) is 0 Å². The number of halogens is 2. The first-order chi connectivity index (χ1) is 9.04. The number of methoxy groups -OCH3 is 1. The van der Waals surface area contributed by atoms with Crippen LogP contribution >= 0.6 is 23.2 Å². The zero-order valence-corrected chi connectivity index (χ0v) is 11.5. The smallest absolute Gasteiger partial charge is 0.339 e. The molecule has 0 bridgehead atoms. The average molecular weight is 297 g/mol. The van der Waals surface area contributed by atoms with Crippen LogP contribution < -0.4 is 4.74 Å². The molecule has 0 spiro atoms. The SMILES string of the molecule is COc1c(C(=O)O)cccc1-c1ccc(Cl)c(Cl)c1. The Morgan fingerprint density at radius 3 is 2.47 bits per heavy atom. The van der Waals surface area contributed by atoms with Crippen LogP contribution in [-0.2, 0) is 0 Å². The summed E-state index contributed by atoms with van der Waals surface area (Å²) in [4.78, 5) is 11.2. The van der Waals surface area contributed by atoms with Crippen molar-refractivity contribution in [2.45, 2.75) is 0 Å². The number of aromatic carboxylic acids is 1. The Hall–Kier alpha value is -1.71. The number of hydrogen-bond donors (Lipinski definition) is 1. The number of carbonyl (C=O) groups is 1. The van der Waals surface area contributed by atoms with Crippen LogP contribution in [0.2, 0.25) is 10.0 Å². The second-order valence-corrected chi connectivity index (χ2v) is 4.63. The predicted octanol–water partition coefficient (Wildman–Crippen LogP) is 4.37. The molecule has 0 saturated heterocycles. The van der Waals surface area contributed by atoms with Gasteiger partial charge in [-0.15, -0.1) is 0 Å². The van der Waals surface area contributed by atoms with Crippen molar-refractivity contribution in [2.24, 2.45) is 0 Å². The fraction of sp³-hybridized carbons (Fsp3) is 0.0714. The van der Waals surface area contributed by atoms with Gasteiger partial charge in [-0.05, 0) is 23.8 Å². The highest BCUT2D eigenvalue weighted by Crippen LogP contribution is 2.35. The monoisotopic (exact) mass is 296 g/mol. The Kier molecular flexibility index (Phi) is 3.98. The van der Waals surface area contributed by atoms with Gasteiger partial charge in [0.05, 0.1) is 17.2 Å². The van der Waals surface area contributed by atoms with Gasteiger partial charge in [-0.2, -0.15) is 0 Å². The number of carboxylic acids is 1. The Labute approximate surface area is 120 Å². The number of benzene rings is 2. The third-order valence-corrected chi connectivity index (χ3v) is 3.42. The van der Waals surface area contributed by atoms with Gasteiger partial charge in [-0.1, -0.05) is 41.4 Å². The van der Waals surface area contributed by atoms with E-state index in [4.69, 9.17) is 33.0 Å². The second kappa shape index (κ2) is 5.51. The van der Waals surface area contributed by atoms with Crippen molar-refractivity contribution >= 4 is 29.2 Å². The van der Waals surface area contributed by atoms with Crippen LogP contribution in [0.5, 0.6) is 5.75 Å². The Morgan fingerprint density at radius 2 is 1.89 bits per heavy atom. The molecule has 1 N–H and O–H groups in total. The molecule has 0 aromatic heterocycles. The maximum atomic E-state index is 11.2. The van der Waals surface area contributed by atoms with Crippen LogP contribution in [0.3, 0.4) is 0 Å². The first kappa shape index (κ1) is 13.7. The summed E-state index contributed by atoms with van der Waals surface area (Å²) in [6, 6.07) is 10.0. The second-order valence-electron chi connectivity index (χ2n) is 3.82. The molecule has 0 heterocycles. The van der Waals surface area contributed by atoms with Gasteiger partial charge >= 0.3 is 5.97 Å². The van der Waals surface area contributed by atoms with E-state index in [2.05, 4.69) is 0 Å². The Balaban J connectivity index is 2.64. The van der Waals surface area contributed by atoms with Crippen molar-refractivity contribution in [1.82, 2.24) is 0 Å². The zero-order valence-electron chi connectivity index (χ0n) is 9.98. The van der Waals surface area contributed by atoms with E-state index < -0.39 is 5.97 Å². The third-order valence-electron chi connectivity index (χ3n) is 2.68. The van der Waals surface area contributed by atoms with Crippen LogP contribution in [0, 0.1) is 0 Å². The highest BCUT2D eigenvalue weighted by molar-refractivity contribution is 6.42. The zero-order chi connectivity index (χ0) is 14.0. The van der Waals surface area contributed by atoms with Gasteiger partial charge in [-0.3, -0.25) is 0 Å². The minimum absolute atomic E-state index is 0.103. The van der Waals surface area contributed by atoms with E-state index in [9.17, 15) is 4.79 Å². The lowest BCUT2D eigenvalue weighted by Gasteiger charge is -2.12. The summed E-state index contributed by atoms with van der Waals surface area (Å²) in [5, 5.41) is 9.99. The Morgan fingerprint density at radius 1 is 1.16 bits per heavy atom. The summed E-state index contributed by atoms with van der Waals surface area (Å²) in [5.74, 6) is -0.743. The third kappa shape index (κ3) is 2.67. The van der Waals surface area contributed by atoms with Crippen LogP contribution in [0.4, 0.5) is 0 Å². The van der Waals surface area contributed by atoms with Crippen LogP contribution in [0.1, 0.15) is 10.4 Å². The lowest BCUT2D eigenvalue weighted by molar-refractivity contribution is 0.0693. The minimum Gasteiger partial charge on any atom is -0.495 e. The molecule has 3 nitrogen and oxygen atoms in total. The molecular weight excluding hydrogens is 287 g/mol. The number of hydrogen-bond acceptors (Lipinski definition) is 2. The maximum Gasteiger partial charge on any atom is 0.339 e. The van der Waals surface area contributed by atoms with Gasteiger partial charge in [-0.25, -0.2) is 4.79 Å². The summed E-state index contributed by atoms with van der Waals surface area (Å²) >= 11 is 11.8. The van der Waals surface area contributed by atoms with Crippen molar-refractivity contribution in [3.05, 3.63) is 52.0 Å². The molecule has 98 valence electrons. The molecule has 0 radical (unpaired) electrons. The van der Waals surface area contributed by atoms with Gasteiger partial charge < -0.3 is 9.84 Å². The van der Waals surface area contributed by atoms with E-state index in [1.807, 2.05) is 0 Å². The minimum atomic E-state index is -1.04. The largest absolute Gasteiger partial charge is 0.495 e. The lowest BCUT2D eigenvalue weighted by Crippen LogP contribution is -2.01. The van der Waals surface area contributed by atoms with Crippen molar-refractivity contribution in [3.8, 4) is 16.9 Å². The van der Waals surface area contributed by atoms with Crippen LogP contribution in [0.15, 0.2) is 36.4 Å². The molecule has 0 fully saturated rings. The molecule has 0 aliphatic heterocycles. The lowest BCUT2D eigenvalue weighted by atomic mass is 10.0. The van der Waals surface area contributed by atoms with Crippen LogP contribution in [0.25, 0.3) is 11.1 Å². The fourth-order valence-electron chi connectivity index (χ4n) is 1.82. The number of para-hydroxylation sites is 1. The standard InChI is InChI=1S/C14H10Cl2O3/c1-19-13-9(3-2-4-10(13)14(17)18)8-5-6-11(15)12(16)7-8/h2-7H,1H3,(H,17,18). The quantitative estimate of drug-likeness (QED) is 0.915. The van der Waals surface area contributed by atoms with Crippen molar-refractivity contribution in [2.75, 3.05) is 7.11 Å². The molecule has 5 heteroatoms. The summed E-state index contributed by atoms with van der Waals surface area (Å²) in [5.41, 5.74) is 1.50. The van der Waals surface area contributed by atoms with E-state index in [0.717, 1.165) is 5.56 Å². The molecule has 0 unspecified atom stereocenters. The van der Waals surface area contributed by atoms with Crippen molar-refractivity contribution < 1.29 is 14.6 Å². The molecule has 0 aliphatic carbocycles. The molecular formula is C14H10Cl2O3. The van der Waals surface area contributed by atoms with Gasteiger partial charge in [0.2, 0.25) is 0 Å². The van der Waals surface area contributed by atoms with E-state index in [0.29, 0.717) is 21.4 Å². The molecule has 0 aliphatic rings. The highest BCUT2D eigenvalue weighted by Gasteiger charge is 2.16. The maximum absolute atomic E-state index is 11.2. The van der Waals surface area contributed by atoms with E-state index >= 15 is 0 Å². The van der Waals surface area contributed by atoms with Gasteiger partial charge in [0, 0.05) is 5.56 Å². The summed E-state index contributed by atoms with van der Waals surface area (Å²) in [6.45, 7) is 0. The molecule has 19 heavy (non-hydrogen) atoms. The number of carboxylic acid groups (broad SMARTS) is 1. The van der Waals surface area contributed by atoms with Gasteiger partial charge in [0.25, 0.3) is 0 Å². The molecule has 0 amide bonds. The number of ether oxygens (including phenoxy) is 1. The fourth-order valence-corrected chi connectivity index (χ4v) is 2.11. The molecule has 2 aromatic carbocycles. The molecule has 2 rings (SSSR count). The summed E-state index contributed by atoms with van der Waals surface area (Å²) in [7, 11) is 1.43. The summed E-state index contributed by atoms with van der Waals surface area (Å²) < 4.78 is 5.21. The van der Waals surface area contributed by atoms with Crippen LogP contribution in [-0.4, -0.2) is 18.2 Å². The molecule has 0 atom stereocenters. The predicted molar refractivity (Wildman–Crippen MR) is 75.4 cm³/mol. The molecule has 2 aromatic rings.